The van der Waals surface area contributed by atoms with Crippen molar-refractivity contribution >= 4 is 13.8 Å². The van der Waals surface area contributed by atoms with Crippen LogP contribution in [0.25, 0.3) is 0 Å². The van der Waals surface area contributed by atoms with Gasteiger partial charge in [0.15, 0.2) is 0 Å². The summed E-state index contributed by atoms with van der Waals surface area (Å²) < 4.78 is 33.5. The lowest BCUT2D eigenvalue weighted by atomic mass is 10.1. The number of hydrogen-bond acceptors (Lipinski definition) is 8. The van der Waals surface area contributed by atoms with Crippen molar-refractivity contribution in [3.05, 3.63) is 134 Å². The van der Waals surface area contributed by atoms with E-state index in [0.717, 1.165) is 109 Å². The molecule has 0 aromatic rings. The maximum atomic E-state index is 12.7. The van der Waals surface area contributed by atoms with E-state index in [0.29, 0.717) is 13.0 Å². The first-order chi connectivity index (χ1) is 32.3. The first-order valence-electron chi connectivity index (χ1n) is 25.2. The minimum atomic E-state index is -4.55. The zero-order valence-corrected chi connectivity index (χ0v) is 42.0. The molecule has 3 atom stereocenters. The summed E-state index contributed by atoms with van der Waals surface area (Å²) in [4.78, 5) is 22.7. The van der Waals surface area contributed by atoms with E-state index < -0.39 is 45.8 Å². The lowest BCUT2D eigenvalue weighted by molar-refractivity contribution is -0.154. The Hall–Kier alpha value is -3.40. The van der Waals surface area contributed by atoms with Crippen LogP contribution in [0.5, 0.6) is 0 Å². The SMILES string of the molecule is CC/C=C\C/C=C\C/C=C\C/C=C\C/C=C\C/C=C\CCCCC(=O)OC(COCCCCCCCCCC/C=C\C/C=C\C/C=C\C/C=C\C/C=C\CC)COP(=O)(O)OCC(O)CO. The number of carbonyl (C=O) groups excluding carboxylic acids is 1. The molecular weight excluding hydrogens is 848 g/mol. The molecule has 0 saturated heterocycles. The molecule has 0 fully saturated rings. The Labute approximate surface area is 402 Å². The molecule has 0 aromatic carbocycles. The average molecular weight is 939 g/mol. The smallest absolute Gasteiger partial charge is 0.457 e. The van der Waals surface area contributed by atoms with Crippen molar-refractivity contribution in [1.82, 2.24) is 0 Å². The molecule has 0 radical (unpaired) electrons. The third kappa shape index (κ3) is 50.0. The zero-order valence-electron chi connectivity index (χ0n) is 41.1. The van der Waals surface area contributed by atoms with Crippen LogP contribution in [0.2, 0.25) is 0 Å². The van der Waals surface area contributed by atoms with E-state index in [2.05, 4.69) is 148 Å². The van der Waals surface area contributed by atoms with Crippen LogP contribution in [0.15, 0.2) is 134 Å². The number of aliphatic hydroxyl groups is 2. The van der Waals surface area contributed by atoms with E-state index in [1.807, 2.05) is 0 Å². The predicted molar refractivity (Wildman–Crippen MR) is 278 cm³/mol. The van der Waals surface area contributed by atoms with Gasteiger partial charge >= 0.3 is 13.8 Å². The molecule has 3 N–H and O–H groups in total. The van der Waals surface area contributed by atoms with E-state index >= 15 is 0 Å². The summed E-state index contributed by atoms with van der Waals surface area (Å²) >= 11 is 0. The second-order valence-electron chi connectivity index (χ2n) is 16.1. The highest BCUT2D eigenvalue weighted by atomic mass is 31.2. The second kappa shape index (κ2) is 51.0. The summed E-state index contributed by atoms with van der Waals surface area (Å²) in [6.07, 6.45) is 69.9. The first-order valence-corrected chi connectivity index (χ1v) is 26.7. The molecule has 0 amide bonds. The number of esters is 1. The Kier molecular flexibility index (Phi) is 48.4. The molecule has 0 aliphatic heterocycles. The Bertz CT molecular complexity index is 1480. The highest BCUT2D eigenvalue weighted by Gasteiger charge is 2.26. The number of ether oxygens (including phenoxy) is 2. The third-order valence-electron chi connectivity index (χ3n) is 9.83. The van der Waals surface area contributed by atoms with Crippen LogP contribution in [0.1, 0.15) is 168 Å². The maximum absolute atomic E-state index is 12.7. The number of carbonyl (C=O) groups is 1. The lowest BCUT2D eigenvalue weighted by Crippen LogP contribution is -2.29. The number of allylic oxidation sites excluding steroid dienone is 22. The van der Waals surface area contributed by atoms with Gasteiger partial charge in [-0.3, -0.25) is 13.8 Å². The topological polar surface area (TPSA) is 132 Å². The Morgan fingerprint density at radius 2 is 0.818 bits per heavy atom. The molecule has 0 aromatic heterocycles. The van der Waals surface area contributed by atoms with Gasteiger partial charge in [-0.05, 0) is 109 Å². The molecule has 0 rings (SSSR count). The van der Waals surface area contributed by atoms with Crippen molar-refractivity contribution in [3.8, 4) is 0 Å². The van der Waals surface area contributed by atoms with E-state index in [-0.39, 0.29) is 13.0 Å². The molecule has 0 bridgehead atoms. The summed E-state index contributed by atoms with van der Waals surface area (Å²) in [7, 11) is -4.55. The van der Waals surface area contributed by atoms with Crippen LogP contribution in [-0.4, -0.2) is 66.3 Å². The summed E-state index contributed by atoms with van der Waals surface area (Å²) in [6, 6.07) is 0. The molecular formula is C56H91O9P. The van der Waals surface area contributed by atoms with Crippen LogP contribution in [0.4, 0.5) is 0 Å². The highest BCUT2D eigenvalue weighted by molar-refractivity contribution is 7.47. The van der Waals surface area contributed by atoms with Gasteiger partial charge in [0.25, 0.3) is 0 Å². The van der Waals surface area contributed by atoms with Crippen molar-refractivity contribution < 1.29 is 43.0 Å². The molecule has 10 heteroatoms. The van der Waals surface area contributed by atoms with Crippen molar-refractivity contribution in [3.63, 3.8) is 0 Å². The fourth-order valence-electron chi connectivity index (χ4n) is 6.09. The summed E-state index contributed by atoms with van der Waals surface area (Å²) in [5.41, 5.74) is 0. The van der Waals surface area contributed by atoms with E-state index in [4.69, 9.17) is 23.6 Å². The largest absolute Gasteiger partial charge is 0.472 e. The molecule has 0 aliphatic rings. The van der Waals surface area contributed by atoms with Crippen LogP contribution < -0.4 is 0 Å². The normalized spacial score (nSPS) is 14.9. The van der Waals surface area contributed by atoms with Gasteiger partial charge in [-0.25, -0.2) is 4.57 Å². The summed E-state index contributed by atoms with van der Waals surface area (Å²) in [6.45, 7) is 3.18. The fourth-order valence-corrected chi connectivity index (χ4v) is 6.88. The van der Waals surface area contributed by atoms with Crippen molar-refractivity contribution in [2.45, 2.75) is 180 Å². The maximum Gasteiger partial charge on any atom is 0.472 e. The fraction of sp³-hybridized carbons (Fsp3) is 0.589. The molecule has 3 unspecified atom stereocenters. The molecule has 374 valence electrons. The van der Waals surface area contributed by atoms with Crippen LogP contribution in [0.3, 0.4) is 0 Å². The number of phosphoric acid groups is 1. The van der Waals surface area contributed by atoms with Crippen molar-refractivity contribution in [2.75, 3.05) is 33.0 Å². The zero-order chi connectivity index (χ0) is 48.1. The van der Waals surface area contributed by atoms with Gasteiger partial charge < -0.3 is 24.6 Å². The van der Waals surface area contributed by atoms with Crippen LogP contribution in [-0.2, 0) is 27.9 Å². The third-order valence-corrected chi connectivity index (χ3v) is 10.8. The number of aliphatic hydroxyl groups excluding tert-OH is 2. The van der Waals surface area contributed by atoms with Crippen molar-refractivity contribution in [1.29, 1.82) is 0 Å². The van der Waals surface area contributed by atoms with Gasteiger partial charge in [-0.1, -0.05) is 186 Å². The Morgan fingerprint density at radius 3 is 1.23 bits per heavy atom. The quantitative estimate of drug-likeness (QED) is 0.0236. The van der Waals surface area contributed by atoms with Gasteiger partial charge in [-0.2, -0.15) is 0 Å². The van der Waals surface area contributed by atoms with Gasteiger partial charge in [0.1, 0.15) is 12.2 Å². The van der Waals surface area contributed by atoms with E-state index in [1.54, 1.807) is 0 Å². The van der Waals surface area contributed by atoms with Gasteiger partial charge in [0, 0.05) is 13.0 Å². The van der Waals surface area contributed by atoms with E-state index in [1.165, 1.54) is 32.1 Å². The van der Waals surface area contributed by atoms with Crippen LogP contribution in [0, 0.1) is 0 Å². The average Bonchev–Trinajstić information content (AvgIpc) is 3.31. The monoisotopic (exact) mass is 939 g/mol. The van der Waals surface area contributed by atoms with Gasteiger partial charge in [0.2, 0.25) is 0 Å². The minimum Gasteiger partial charge on any atom is -0.457 e. The Morgan fingerprint density at radius 1 is 0.470 bits per heavy atom. The standard InChI is InChI=1S/C56H91O9P/c1-3-5-7-9-11-13-15-17-19-21-23-25-26-27-29-31-33-35-37-39-41-43-45-47-49-62-52-55(53-64-66(60,61)63-51-54(58)50-57)65-56(59)48-46-44-42-40-38-36-34-32-30-28-24-22-20-18-16-14-12-10-8-6-4-2/h5-8,11-14,17-20,23-25,27-29,32,34,38,40,54-55,57-58H,3-4,9-10,15-16,21-22,26,30-31,33,35-37,39,41-53H2,1-2H3,(H,60,61)/b7-5-,8-6-,13-11-,14-12-,19-17-,20-18-,25-23-,28-24-,29-27-,34-32-,40-38-. The lowest BCUT2D eigenvalue weighted by Gasteiger charge is -2.20. The Balaban J connectivity index is 4.23. The van der Waals surface area contributed by atoms with Gasteiger partial charge in [-0.15, -0.1) is 0 Å². The summed E-state index contributed by atoms with van der Waals surface area (Å²) in [5.74, 6) is -0.433. The van der Waals surface area contributed by atoms with Crippen LogP contribution >= 0.6 is 7.82 Å². The van der Waals surface area contributed by atoms with Crippen molar-refractivity contribution in [2.24, 2.45) is 0 Å². The van der Waals surface area contributed by atoms with Gasteiger partial charge in [0.05, 0.1) is 26.4 Å². The predicted octanol–water partition coefficient (Wildman–Crippen LogP) is 14.9. The molecule has 0 heterocycles. The number of rotatable bonds is 46. The number of phosphoric ester groups is 1. The van der Waals surface area contributed by atoms with E-state index in [9.17, 15) is 19.4 Å². The summed E-state index contributed by atoms with van der Waals surface area (Å²) in [5, 5.41) is 18.4. The minimum absolute atomic E-state index is 0.0153. The first kappa shape index (κ1) is 62.6. The molecule has 66 heavy (non-hydrogen) atoms. The number of hydrogen-bond donors (Lipinski definition) is 3. The molecule has 0 saturated carbocycles. The molecule has 0 aliphatic carbocycles. The molecule has 0 spiro atoms. The number of unbranched alkanes of at least 4 members (excludes halogenated alkanes) is 10. The molecule has 9 nitrogen and oxygen atoms in total. The second-order valence-corrected chi connectivity index (χ2v) is 17.5. The highest BCUT2D eigenvalue weighted by Crippen LogP contribution is 2.43.